The first-order valence-electron chi connectivity index (χ1n) is 7.04. The molecule has 2 heterocycles. The second-order valence-electron chi connectivity index (χ2n) is 6.14. The Morgan fingerprint density at radius 3 is 2.50 bits per heavy atom. The first kappa shape index (κ1) is 12.0. The summed E-state index contributed by atoms with van der Waals surface area (Å²) >= 11 is 0. The van der Waals surface area contributed by atoms with Crippen LogP contribution in [-0.2, 0) is 5.41 Å². The predicted octanol–water partition coefficient (Wildman–Crippen LogP) is 3.04. The van der Waals surface area contributed by atoms with Crippen molar-refractivity contribution in [1.29, 1.82) is 0 Å². The number of anilines is 1. The van der Waals surface area contributed by atoms with Crippen molar-refractivity contribution in [3.63, 3.8) is 0 Å². The van der Waals surface area contributed by atoms with Gasteiger partial charge in [0.05, 0.1) is 0 Å². The number of benzene rings is 1. The molecule has 0 unspecified atom stereocenters. The van der Waals surface area contributed by atoms with Crippen LogP contribution in [0.5, 0.6) is 0 Å². The number of hydrogen-bond acceptors (Lipinski definition) is 2. The Balaban J connectivity index is 1.99. The Hall–Kier alpha value is -1.02. The van der Waals surface area contributed by atoms with Crippen LogP contribution in [0.15, 0.2) is 24.3 Å². The van der Waals surface area contributed by atoms with E-state index in [1.807, 2.05) is 0 Å². The summed E-state index contributed by atoms with van der Waals surface area (Å²) in [4.78, 5) is 4.79. The molecule has 1 spiro atoms. The highest BCUT2D eigenvalue weighted by Crippen LogP contribution is 2.47. The standard InChI is InChI=1S/C16H23N2/c1-13(2)18-12-16(8-10-17(3)11-9-16)14-6-4-5-7-15(14)18/h4-7,13H,3,8-12H2,1-2H3. The average Bonchev–Trinajstić information content (AvgIpc) is 2.69. The topological polar surface area (TPSA) is 6.48 Å². The van der Waals surface area contributed by atoms with Gasteiger partial charge in [-0.25, -0.2) is 0 Å². The smallest absolute Gasteiger partial charge is 0.0407 e. The molecule has 97 valence electrons. The minimum atomic E-state index is 0.384. The molecular weight excluding hydrogens is 220 g/mol. The number of nitrogens with zero attached hydrogens (tertiary/aromatic N) is 2. The van der Waals surface area contributed by atoms with Crippen molar-refractivity contribution < 1.29 is 0 Å². The summed E-state index contributed by atoms with van der Waals surface area (Å²) in [6.07, 6.45) is 2.49. The summed E-state index contributed by atoms with van der Waals surface area (Å²) in [5.41, 5.74) is 3.42. The third-order valence-corrected chi connectivity index (χ3v) is 4.69. The van der Waals surface area contributed by atoms with Crippen LogP contribution >= 0.6 is 0 Å². The second kappa shape index (κ2) is 4.27. The minimum Gasteiger partial charge on any atom is -0.368 e. The van der Waals surface area contributed by atoms with Gasteiger partial charge in [0.15, 0.2) is 0 Å². The van der Waals surface area contributed by atoms with Gasteiger partial charge in [0.2, 0.25) is 0 Å². The zero-order valence-electron chi connectivity index (χ0n) is 11.5. The summed E-state index contributed by atoms with van der Waals surface area (Å²) in [6, 6.07) is 9.59. The zero-order chi connectivity index (χ0) is 12.8. The molecule has 0 amide bonds. The number of fused-ring (bicyclic) bond motifs is 2. The average molecular weight is 243 g/mol. The molecule has 2 aliphatic rings. The Labute approximate surface area is 111 Å². The highest BCUT2D eigenvalue weighted by atomic mass is 15.2. The fourth-order valence-electron chi connectivity index (χ4n) is 3.54. The van der Waals surface area contributed by atoms with Crippen LogP contribution in [0.3, 0.4) is 0 Å². The molecule has 2 aliphatic heterocycles. The van der Waals surface area contributed by atoms with Crippen LogP contribution in [-0.4, -0.2) is 30.6 Å². The molecule has 1 fully saturated rings. The van der Waals surface area contributed by atoms with Gasteiger partial charge in [-0.2, -0.15) is 0 Å². The van der Waals surface area contributed by atoms with E-state index in [1.54, 1.807) is 5.56 Å². The van der Waals surface area contributed by atoms with Crippen molar-refractivity contribution in [2.24, 2.45) is 0 Å². The Bertz CT molecular complexity index is 430. The van der Waals surface area contributed by atoms with Crippen molar-refractivity contribution in [3.8, 4) is 0 Å². The number of para-hydroxylation sites is 1. The molecule has 0 aliphatic carbocycles. The van der Waals surface area contributed by atoms with Gasteiger partial charge in [0.1, 0.15) is 0 Å². The molecule has 1 radical (unpaired) electrons. The van der Waals surface area contributed by atoms with Crippen molar-refractivity contribution in [3.05, 3.63) is 36.9 Å². The normalized spacial score (nSPS) is 22.8. The van der Waals surface area contributed by atoms with Gasteiger partial charge in [-0.15, -0.1) is 0 Å². The zero-order valence-corrected chi connectivity index (χ0v) is 11.5. The monoisotopic (exact) mass is 243 g/mol. The molecule has 2 heteroatoms. The van der Waals surface area contributed by atoms with Crippen LogP contribution in [0.4, 0.5) is 5.69 Å². The van der Waals surface area contributed by atoms with E-state index in [0.717, 1.165) is 13.1 Å². The second-order valence-corrected chi connectivity index (χ2v) is 6.14. The molecule has 0 N–H and O–H groups in total. The van der Waals surface area contributed by atoms with Crippen LogP contribution in [0, 0.1) is 7.05 Å². The van der Waals surface area contributed by atoms with E-state index >= 15 is 0 Å². The minimum absolute atomic E-state index is 0.384. The molecule has 0 aromatic heterocycles. The fourth-order valence-corrected chi connectivity index (χ4v) is 3.54. The van der Waals surface area contributed by atoms with Crippen molar-refractivity contribution >= 4 is 5.69 Å². The highest BCUT2D eigenvalue weighted by Gasteiger charge is 2.44. The van der Waals surface area contributed by atoms with E-state index in [0.29, 0.717) is 11.5 Å². The van der Waals surface area contributed by atoms with Crippen LogP contribution in [0.25, 0.3) is 0 Å². The van der Waals surface area contributed by atoms with E-state index in [1.165, 1.54) is 25.1 Å². The number of hydrogen-bond donors (Lipinski definition) is 0. The van der Waals surface area contributed by atoms with E-state index in [2.05, 4.69) is 55.0 Å². The maximum absolute atomic E-state index is 4.08. The summed E-state index contributed by atoms with van der Waals surface area (Å²) in [5.74, 6) is 0. The molecule has 0 atom stereocenters. The van der Waals surface area contributed by atoms with E-state index in [-0.39, 0.29) is 0 Å². The summed E-state index contributed by atoms with van der Waals surface area (Å²) < 4.78 is 0. The lowest BCUT2D eigenvalue weighted by Crippen LogP contribution is -2.44. The molecule has 2 nitrogen and oxygen atoms in total. The Kier molecular flexibility index (Phi) is 2.86. The highest BCUT2D eigenvalue weighted by molar-refractivity contribution is 5.63. The summed E-state index contributed by atoms with van der Waals surface area (Å²) in [5, 5.41) is 0. The Morgan fingerprint density at radius 1 is 1.17 bits per heavy atom. The summed E-state index contributed by atoms with van der Waals surface area (Å²) in [6.45, 7) is 8.04. The molecule has 18 heavy (non-hydrogen) atoms. The van der Waals surface area contributed by atoms with E-state index < -0.39 is 0 Å². The van der Waals surface area contributed by atoms with Crippen molar-refractivity contribution in [2.45, 2.75) is 38.1 Å². The lowest BCUT2D eigenvalue weighted by Gasteiger charge is -2.39. The van der Waals surface area contributed by atoms with Gasteiger partial charge >= 0.3 is 0 Å². The SMILES string of the molecule is [CH2]N1CCC2(CC1)CN(C(C)C)c1ccccc12. The quantitative estimate of drug-likeness (QED) is 0.748. The van der Waals surface area contributed by atoms with Crippen LogP contribution < -0.4 is 4.90 Å². The van der Waals surface area contributed by atoms with Gasteiger partial charge in [0.25, 0.3) is 0 Å². The number of piperidine rings is 1. The molecular formula is C16H23N2. The van der Waals surface area contributed by atoms with Gasteiger partial charge < -0.3 is 9.80 Å². The largest absolute Gasteiger partial charge is 0.368 e. The first-order valence-corrected chi connectivity index (χ1v) is 7.04. The Morgan fingerprint density at radius 2 is 1.83 bits per heavy atom. The third-order valence-electron chi connectivity index (χ3n) is 4.69. The summed E-state index contributed by atoms with van der Waals surface area (Å²) in [7, 11) is 4.08. The molecule has 1 aromatic rings. The maximum Gasteiger partial charge on any atom is 0.0407 e. The molecule has 0 saturated carbocycles. The van der Waals surface area contributed by atoms with E-state index in [9.17, 15) is 0 Å². The van der Waals surface area contributed by atoms with Crippen LogP contribution in [0.2, 0.25) is 0 Å². The van der Waals surface area contributed by atoms with Gasteiger partial charge in [-0.3, -0.25) is 0 Å². The lowest BCUT2D eigenvalue weighted by atomic mass is 9.74. The maximum atomic E-state index is 4.08. The third kappa shape index (κ3) is 1.74. The van der Waals surface area contributed by atoms with Gasteiger partial charge in [-0.1, -0.05) is 18.2 Å². The lowest BCUT2D eigenvalue weighted by molar-refractivity contribution is 0.213. The first-order chi connectivity index (χ1) is 8.62. The van der Waals surface area contributed by atoms with Gasteiger partial charge in [-0.05, 0) is 51.4 Å². The number of rotatable bonds is 1. The van der Waals surface area contributed by atoms with Crippen molar-refractivity contribution in [1.82, 2.24) is 4.90 Å². The molecule has 3 rings (SSSR count). The van der Waals surface area contributed by atoms with Gasteiger partial charge in [0, 0.05) is 30.7 Å². The van der Waals surface area contributed by atoms with Crippen LogP contribution in [0.1, 0.15) is 32.3 Å². The molecule has 1 aromatic carbocycles. The van der Waals surface area contributed by atoms with Crippen molar-refractivity contribution in [2.75, 3.05) is 24.5 Å². The predicted molar refractivity (Wildman–Crippen MR) is 76.8 cm³/mol. The van der Waals surface area contributed by atoms with E-state index in [4.69, 9.17) is 0 Å². The fraction of sp³-hybridized carbons (Fsp3) is 0.562. The molecule has 1 saturated heterocycles. The number of likely N-dealkylation sites (tertiary alicyclic amines) is 1. The molecule has 0 bridgehead atoms.